The first-order valence-corrected chi connectivity index (χ1v) is 10.7. The number of benzene rings is 2. The maximum Gasteiger partial charge on any atom is 0.240 e. The Morgan fingerprint density at radius 3 is 2.07 bits per heavy atom. The van der Waals surface area contributed by atoms with Gasteiger partial charge in [-0.15, -0.1) is 0 Å². The first kappa shape index (κ1) is 18.5. The van der Waals surface area contributed by atoms with Gasteiger partial charge >= 0.3 is 0 Å². The Morgan fingerprint density at radius 1 is 0.862 bits per heavy atom. The standard InChI is InChI=1S/C24H28N4O/c1-3-7-20(8-4-1)24(21-9-5-2-6-10-21)28-15-13-27(14-16-28)18-23-25-22(26-29-23)17-19-11-12-19/h1-10,19,24H,11-18H2. The Balaban J connectivity index is 1.24. The molecule has 29 heavy (non-hydrogen) atoms. The molecule has 1 aliphatic heterocycles. The van der Waals surface area contributed by atoms with Crippen LogP contribution >= 0.6 is 0 Å². The molecule has 5 nitrogen and oxygen atoms in total. The smallest absolute Gasteiger partial charge is 0.240 e. The second-order valence-electron chi connectivity index (χ2n) is 8.29. The molecular weight excluding hydrogens is 360 g/mol. The minimum absolute atomic E-state index is 0.299. The van der Waals surface area contributed by atoms with Crippen molar-refractivity contribution in [3.8, 4) is 0 Å². The van der Waals surface area contributed by atoms with Crippen molar-refractivity contribution in [2.75, 3.05) is 26.2 Å². The molecule has 0 unspecified atom stereocenters. The van der Waals surface area contributed by atoms with Gasteiger partial charge in [-0.3, -0.25) is 9.80 Å². The summed E-state index contributed by atoms with van der Waals surface area (Å²) in [7, 11) is 0. The molecular formula is C24H28N4O. The van der Waals surface area contributed by atoms with Crippen molar-refractivity contribution in [3.05, 3.63) is 83.5 Å². The van der Waals surface area contributed by atoms with E-state index < -0.39 is 0 Å². The van der Waals surface area contributed by atoms with Gasteiger partial charge in [-0.1, -0.05) is 65.8 Å². The van der Waals surface area contributed by atoms with Crippen molar-refractivity contribution < 1.29 is 4.52 Å². The molecule has 2 heterocycles. The summed E-state index contributed by atoms with van der Waals surface area (Å²) in [6.07, 6.45) is 3.61. The third kappa shape index (κ3) is 4.57. The van der Waals surface area contributed by atoms with Gasteiger partial charge in [-0.05, 0) is 29.9 Å². The number of hydrogen-bond acceptors (Lipinski definition) is 5. The Bertz CT molecular complexity index is 859. The summed E-state index contributed by atoms with van der Waals surface area (Å²) in [6, 6.07) is 22.0. The fourth-order valence-corrected chi connectivity index (χ4v) is 4.27. The van der Waals surface area contributed by atoms with Gasteiger partial charge in [0.05, 0.1) is 12.6 Å². The van der Waals surface area contributed by atoms with E-state index in [2.05, 4.69) is 80.6 Å². The van der Waals surface area contributed by atoms with Crippen molar-refractivity contribution in [2.45, 2.75) is 31.8 Å². The summed E-state index contributed by atoms with van der Waals surface area (Å²) in [4.78, 5) is 9.62. The van der Waals surface area contributed by atoms with Gasteiger partial charge in [0, 0.05) is 32.6 Å². The predicted octanol–water partition coefficient (Wildman–Crippen LogP) is 3.93. The molecule has 3 aromatic rings. The molecule has 150 valence electrons. The van der Waals surface area contributed by atoms with Crippen molar-refractivity contribution in [1.29, 1.82) is 0 Å². The molecule has 0 spiro atoms. The minimum Gasteiger partial charge on any atom is -0.338 e. The molecule has 0 amide bonds. The molecule has 5 rings (SSSR count). The number of nitrogens with zero attached hydrogens (tertiary/aromatic N) is 4. The fourth-order valence-electron chi connectivity index (χ4n) is 4.27. The lowest BCUT2D eigenvalue weighted by Gasteiger charge is -2.39. The predicted molar refractivity (Wildman–Crippen MR) is 112 cm³/mol. The topological polar surface area (TPSA) is 45.4 Å². The fraction of sp³-hybridized carbons (Fsp3) is 0.417. The number of piperazine rings is 1. The largest absolute Gasteiger partial charge is 0.338 e. The highest BCUT2D eigenvalue weighted by atomic mass is 16.5. The van der Waals surface area contributed by atoms with Crippen LogP contribution in [0.4, 0.5) is 0 Å². The van der Waals surface area contributed by atoms with Gasteiger partial charge in [-0.25, -0.2) is 0 Å². The second-order valence-corrected chi connectivity index (χ2v) is 8.29. The van der Waals surface area contributed by atoms with Crippen molar-refractivity contribution in [2.24, 2.45) is 5.92 Å². The molecule has 1 saturated carbocycles. The van der Waals surface area contributed by atoms with Gasteiger partial charge in [0.25, 0.3) is 0 Å². The average molecular weight is 389 g/mol. The number of aromatic nitrogens is 2. The van der Waals surface area contributed by atoms with Crippen molar-refractivity contribution in [3.63, 3.8) is 0 Å². The monoisotopic (exact) mass is 388 g/mol. The molecule has 1 aliphatic carbocycles. The van der Waals surface area contributed by atoms with E-state index in [0.717, 1.165) is 56.8 Å². The first-order chi connectivity index (χ1) is 14.3. The molecule has 0 radical (unpaired) electrons. The molecule has 2 fully saturated rings. The van der Waals surface area contributed by atoms with E-state index in [4.69, 9.17) is 4.52 Å². The lowest BCUT2D eigenvalue weighted by molar-refractivity contribution is 0.0966. The van der Waals surface area contributed by atoms with Crippen LogP contribution in [0, 0.1) is 5.92 Å². The Morgan fingerprint density at radius 2 is 1.48 bits per heavy atom. The van der Waals surface area contributed by atoms with Crippen LogP contribution < -0.4 is 0 Å². The maximum absolute atomic E-state index is 5.49. The lowest BCUT2D eigenvalue weighted by atomic mass is 9.96. The van der Waals surface area contributed by atoms with E-state index in [1.807, 2.05) is 0 Å². The zero-order valence-corrected chi connectivity index (χ0v) is 16.8. The Hall–Kier alpha value is -2.50. The summed E-state index contributed by atoms with van der Waals surface area (Å²) in [5, 5.41) is 4.16. The van der Waals surface area contributed by atoms with Gasteiger partial charge in [0.15, 0.2) is 5.82 Å². The zero-order chi connectivity index (χ0) is 19.5. The van der Waals surface area contributed by atoms with Crippen LogP contribution in [-0.4, -0.2) is 46.1 Å². The third-order valence-corrected chi connectivity index (χ3v) is 6.04. The van der Waals surface area contributed by atoms with E-state index in [-0.39, 0.29) is 0 Å². The molecule has 0 atom stereocenters. The summed E-state index contributed by atoms with van der Waals surface area (Å²) in [6.45, 7) is 4.83. The van der Waals surface area contributed by atoms with Crippen LogP contribution in [0.25, 0.3) is 0 Å². The van der Waals surface area contributed by atoms with Crippen LogP contribution in [0.1, 0.15) is 41.7 Å². The van der Waals surface area contributed by atoms with Crippen LogP contribution in [-0.2, 0) is 13.0 Å². The normalized spacial score (nSPS) is 18.4. The molecule has 5 heteroatoms. The van der Waals surface area contributed by atoms with Gasteiger partial charge in [-0.2, -0.15) is 4.98 Å². The van der Waals surface area contributed by atoms with Gasteiger partial charge < -0.3 is 4.52 Å². The summed E-state index contributed by atoms with van der Waals surface area (Å²) in [5.74, 6) is 2.43. The summed E-state index contributed by atoms with van der Waals surface area (Å²) < 4.78 is 5.49. The number of hydrogen-bond donors (Lipinski definition) is 0. The highest BCUT2D eigenvalue weighted by Gasteiger charge is 2.28. The second kappa shape index (κ2) is 8.47. The SMILES string of the molecule is c1ccc(C(c2ccccc2)N2CCN(Cc3nc(CC4CC4)no3)CC2)cc1. The zero-order valence-electron chi connectivity index (χ0n) is 16.8. The van der Waals surface area contributed by atoms with E-state index >= 15 is 0 Å². The highest BCUT2D eigenvalue weighted by molar-refractivity contribution is 5.31. The van der Waals surface area contributed by atoms with Crippen molar-refractivity contribution in [1.82, 2.24) is 19.9 Å². The summed E-state index contributed by atoms with van der Waals surface area (Å²) in [5.41, 5.74) is 2.71. The number of rotatable bonds is 7. The molecule has 2 aliphatic rings. The maximum atomic E-state index is 5.49. The quantitative estimate of drug-likeness (QED) is 0.614. The van der Waals surface area contributed by atoms with Crippen molar-refractivity contribution >= 4 is 0 Å². The van der Waals surface area contributed by atoms with E-state index in [0.29, 0.717) is 6.04 Å². The first-order valence-electron chi connectivity index (χ1n) is 10.7. The van der Waals surface area contributed by atoms with Gasteiger partial charge in [0.2, 0.25) is 5.89 Å². The van der Waals surface area contributed by atoms with E-state index in [1.165, 1.54) is 24.0 Å². The van der Waals surface area contributed by atoms with Gasteiger partial charge in [0.1, 0.15) is 0 Å². The molecule has 0 N–H and O–H groups in total. The highest BCUT2D eigenvalue weighted by Crippen LogP contribution is 2.32. The Labute approximate surface area is 172 Å². The van der Waals surface area contributed by atoms with E-state index in [9.17, 15) is 0 Å². The summed E-state index contributed by atoms with van der Waals surface area (Å²) >= 11 is 0. The minimum atomic E-state index is 0.299. The van der Waals surface area contributed by atoms with Crippen LogP contribution in [0.2, 0.25) is 0 Å². The Kier molecular flexibility index (Phi) is 5.41. The lowest BCUT2D eigenvalue weighted by Crippen LogP contribution is -2.47. The molecule has 1 saturated heterocycles. The molecule has 0 bridgehead atoms. The van der Waals surface area contributed by atoms with E-state index in [1.54, 1.807) is 0 Å². The molecule has 1 aromatic heterocycles. The van der Waals surface area contributed by atoms with Crippen LogP contribution in [0.15, 0.2) is 65.2 Å². The third-order valence-electron chi connectivity index (χ3n) is 6.04. The van der Waals surface area contributed by atoms with Crippen LogP contribution in [0.5, 0.6) is 0 Å². The average Bonchev–Trinajstić information content (AvgIpc) is 3.48. The molecule has 2 aromatic carbocycles. The van der Waals surface area contributed by atoms with Crippen LogP contribution in [0.3, 0.4) is 0 Å².